The van der Waals surface area contributed by atoms with E-state index in [9.17, 15) is 13.2 Å². The molecule has 7 heteroatoms. The van der Waals surface area contributed by atoms with E-state index in [1.807, 2.05) is 0 Å². The van der Waals surface area contributed by atoms with Gasteiger partial charge in [-0.15, -0.1) is 0 Å². The van der Waals surface area contributed by atoms with Crippen LogP contribution in [0.15, 0.2) is 41.4 Å². The molecule has 0 amide bonds. The number of sulfone groups is 1. The lowest BCUT2D eigenvalue weighted by atomic mass is 10.2. The first kappa shape index (κ1) is 15.0. The topological polar surface area (TPSA) is 76.4 Å². The number of halogens is 1. The molecule has 1 aromatic carbocycles. The third-order valence-corrected chi connectivity index (χ3v) is 4.51. The van der Waals surface area contributed by atoms with Crippen LogP contribution in [0.25, 0.3) is 0 Å². The highest BCUT2D eigenvalue weighted by Gasteiger charge is 2.12. The SMILES string of the molecule is CS(=O)(=O)c1ccc(Cn2cc(I)cc2C(=O)O)cc1. The fraction of sp³-hybridized carbons (Fsp3) is 0.154. The molecule has 20 heavy (non-hydrogen) atoms. The predicted molar refractivity (Wildman–Crippen MR) is 82.8 cm³/mol. The smallest absolute Gasteiger partial charge is 0.352 e. The normalized spacial score (nSPS) is 11.5. The number of carboxylic acid groups (broad SMARTS) is 1. The summed E-state index contributed by atoms with van der Waals surface area (Å²) in [5, 5.41) is 9.10. The maximum atomic E-state index is 11.4. The van der Waals surface area contributed by atoms with Gasteiger partial charge in [-0.2, -0.15) is 0 Å². The number of rotatable bonds is 4. The summed E-state index contributed by atoms with van der Waals surface area (Å²) in [6, 6.07) is 8.02. The van der Waals surface area contributed by atoms with E-state index in [-0.39, 0.29) is 10.6 Å². The van der Waals surface area contributed by atoms with Gasteiger partial charge in [0, 0.05) is 22.6 Å². The Morgan fingerprint density at radius 1 is 1.30 bits per heavy atom. The maximum Gasteiger partial charge on any atom is 0.352 e. The van der Waals surface area contributed by atoms with Gasteiger partial charge in [-0.25, -0.2) is 13.2 Å². The van der Waals surface area contributed by atoms with E-state index in [4.69, 9.17) is 5.11 Å². The lowest BCUT2D eigenvalue weighted by Gasteiger charge is -2.07. The largest absolute Gasteiger partial charge is 0.477 e. The minimum absolute atomic E-state index is 0.210. The van der Waals surface area contributed by atoms with Crippen molar-refractivity contribution in [2.24, 2.45) is 0 Å². The molecule has 1 aromatic heterocycles. The summed E-state index contributed by atoms with van der Waals surface area (Å²) in [6.45, 7) is 0.384. The van der Waals surface area contributed by atoms with Crippen molar-refractivity contribution in [3.63, 3.8) is 0 Å². The van der Waals surface area contributed by atoms with Gasteiger partial charge in [0.25, 0.3) is 0 Å². The molecule has 1 N–H and O–H groups in total. The molecule has 2 aromatic rings. The lowest BCUT2D eigenvalue weighted by molar-refractivity contribution is 0.0685. The van der Waals surface area contributed by atoms with Gasteiger partial charge in [-0.05, 0) is 46.4 Å². The molecule has 0 fully saturated rings. The summed E-state index contributed by atoms with van der Waals surface area (Å²) in [7, 11) is -3.21. The van der Waals surface area contributed by atoms with Crippen molar-refractivity contribution in [1.29, 1.82) is 0 Å². The Labute approximate surface area is 130 Å². The molecule has 0 atom stereocenters. The van der Waals surface area contributed by atoms with E-state index in [0.29, 0.717) is 6.54 Å². The second-order valence-corrected chi connectivity index (χ2v) is 7.65. The average Bonchev–Trinajstić information content (AvgIpc) is 2.70. The van der Waals surface area contributed by atoms with Crippen molar-refractivity contribution >= 4 is 38.4 Å². The van der Waals surface area contributed by atoms with Crippen LogP contribution < -0.4 is 0 Å². The summed E-state index contributed by atoms with van der Waals surface area (Å²) < 4.78 is 25.2. The standard InChI is InChI=1S/C13H12INO4S/c1-20(18,19)11-4-2-9(3-5-11)7-15-8-10(14)6-12(15)13(16)17/h2-6,8H,7H2,1H3,(H,16,17). The molecule has 5 nitrogen and oxygen atoms in total. The molecular formula is C13H12INO4S. The predicted octanol–water partition coefficient (Wildman–Crippen LogP) is 2.24. The number of benzene rings is 1. The number of aromatic nitrogens is 1. The molecule has 0 saturated heterocycles. The summed E-state index contributed by atoms with van der Waals surface area (Å²) in [6.07, 6.45) is 2.90. The first-order valence-electron chi connectivity index (χ1n) is 5.65. The van der Waals surface area contributed by atoms with Gasteiger partial charge >= 0.3 is 5.97 Å². The van der Waals surface area contributed by atoms with Crippen LogP contribution in [0.4, 0.5) is 0 Å². The van der Waals surface area contributed by atoms with Gasteiger partial charge in [0.2, 0.25) is 0 Å². The summed E-state index contributed by atoms with van der Waals surface area (Å²) in [5.74, 6) is -0.985. The first-order chi connectivity index (χ1) is 9.27. The van der Waals surface area contributed by atoms with Crippen LogP contribution in [-0.4, -0.2) is 30.3 Å². The molecule has 0 spiro atoms. The number of hydrogen-bond donors (Lipinski definition) is 1. The van der Waals surface area contributed by atoms with Crippen LogP contribution in [0.1, 0.15) is 16.1 Å². The Morgan fingerprint density at radius 3 is 2.40 bits per heavy atom. The summed E-state index contributed by atoms with van der Waals surface area (Å²) in [5.41, 5.74) is 1.05. The molecule has 0 aliphatic heterocycles. The molecule has 0 aliphatic carbocycles. The van der Waals surface area contributed by atoms with Gasteiger partial charge in [0.05, 0.1) is 4.90 Å². The minimum atomic E-state index is -3.21. The number of carboxylic acids is 1. The van der Waals surface area contributed by atoms with Crippen molar-refractivity contribution < 1.29 is 18.3 Å². The Hall–Kier alpha value is -1.35. The van der Waals surface area contributed by atoms with E-state index in [2.05, 4.69) is 22.6 Å². The Kier molecular flexibility index (Phi) is 4.19. The Balaban J connectivity index is 2.29. The van der Waals surface area contributed by atoms with Crippen molar-refractivity contribution in [3.8, 4) is 0 Å². The highest BCUT2D eigenvalue weighted by molar-refractivity contribution is 14.1. The molecular weight excluding hydrogens is 393 g/mol. The quantitative estimate of drug-likeness (QED) is 0.792. The van der Waals surface area contributed by atoms with E-state index in [1.165, 1.54) is 12.1 Å². The Morgan fingerprint density at radius 2 is 1.90 bits per heavy atom. The van der Waals surface area contributed by atoms with Gasteiger partial charge in [-0.1, -0.05) is 12.1 Å². The van der Waals surface area contributed by atoms with Gasteiger partial charge in [0.15, 0.2) is 9.84 Å². The molecule has 0 aliphatic rings. The van der Waals surface area contributed by atoms with E-state index in [0.717, 1.165) is 15.4 Å². The van der Waals surface area contributed by atoms with Crippen molar-refractivity contribution in [2.45, 2.75) is 11.4 Å². The number of carbonyl (C=O) groups is 1. The molecule has 106 valence electrons. The van der Waals surface area contributed by atoms with E-state index < -0.39 is 15.8 Å². The summed E-state index contributed by atoms with van der Waals surface area (Å²) >= 11 is 2.05. The second kappa shape index (κ2) is 5.57. The zero-order chi connectivity index (χ0) is 14.9. The third-order valence-electron chi connectivity index (χ3n) is 2.79. The van der Waals surface area contributed by atoms with Gasteiger partial charge in [-0.3, -0.25) is 0 Å². The number of aromatic carboxylic acids is 1. The second-order valence-electron chi connectivity index (χ2n) is 4.39. The average molecular weight is 405 g/mol. The fourth-order valence-electron chi connectivity index (χ4n) is 1.82. The zero-order valence-corrected chi connectivity index (χ0v) is 13.6. The van der Waals surface area contributed by atoms with Crippen LogP contribution in [0, 0.1) is 3.57 Å². The van der Waals surface area contributed by atoms with Gasteiger partial charge < -0.3 is 9.67 Å². The number of nitrogens with zero attached hydrogens (tertiary/aromatic N) is 1. The zero-order valence-electron chi connectivity index (χ0n) is 10.6. The molecule has 2 rings (SSSR count). The third kappa shape index (κ3) is 3.40. The van der Waals surface area contributed by atoms with Crippen LogP contribution in [0.3, 0.4) is 0 Å². The summed E-state index contributed by atoms with van der Waals surface area (Å²) in [4.78, 5) is 11.4. The van der Waals surface area contributed by atoms with Crippen molar-refractivity contribution in [2.75, 3.05) is 6.26 Å². The molecule has 0 bridgehead atoms. The van der Waals surface area contributed by atoms with Crippen molar-refractivity contribution in [1.82, 2.24) is 4.57 Å². The maximum absolute atomic E-state index is 11.4. The van der Waals surface area contributed by atoms with Crippen LogP contribution in [0.5, 0.6) is 0 Å². The van der Waals surface area contributed by atoms with E-state index in [1.54, 1.807) is 29.0 Å². The van der Waals surface area contributed by atoms with Crippen LogP contribution in [0.2, 0.25) is 0 Å². The fourth-order valence-corrected chi connectivity index (χ4v) is 3.09. The van der Waals surface area contributed by atoms with Crippen molar-refractivity contribution in [3.05, 3.63) is 51.4 Å². The van der Waals surface area contributed by atoms with Crippen LogP contribution in [-0.2, 0) is 16.4 Å². The molecule has 1 heterocycles. The van der Waals surface area contributed by atoms with E-state index >= 15 is 0 Å². The van der Waals surface area contributed by atoms with Crippen LogP contribution >= 0.6 is 22.6 Å². The minimum Gasteiger partial charge on any atom is -0.477 e. The lowest BCUT2D eigenvalue weighted by Crippen LogP contribution is -2.08. The monoisotopic (exact) mass is 405 g/mol. The molecule has 0 saturated carbocycles. The molecule has 0 radical (unpaired) electrons. The highest BCUT2D eigenvalue weighted by Crippen LogP contribution is 2.15. The first-order valence-corrected chi connectivity index (χ1v) is 8.62. The molecule has 0 unspecified atom stereocenters. The van der Waals surface area contributed by atoms with Gasteiger partial charge in [0.1, 0.15) is 5.69 Å². The Bertz CT molecular complexity index is 747. The number of hydrogen-bond acceptors (Lipinski definition) is 3. The highest BCUT2D eigenvalue weighted by atomic mass is 127.